The Morgan fingerprint density at radius 2 is 1.27 bits per heavy atom. The highest BCUT2D eigenvalue weighted by molar-refractivity contribution is 6.09. The number of phenols is 1. The molecule has 1 fully saturated rings. The molecule has 3 aliphatic rings. The molecule has 0 unspecified atom stereocenters. The van der Waals surface area contributed by atoms with E-state index in [9.17, 15) is 53.4 Å². The number of rotatable bonds is 20. The second kappa shape index (κ2) is 28.4. The van der Waals surface area contributed by atoms with Crippen molar-refractivity contribution in [2.75, 3.05) is 20.1 Å². The monoisotopic (exact) mass is 1120 g/mol. The minimum atomic E-state index is -1.28. The molecule has 7 rings (SSSR count). The summed E-state index contributed by atoms with van der Waals surface area (Å²) in [6.45, 7) is 7.62. The molecular weight excluding hydrogens is 1050 g/mol. The Balaban J connectivity index is 1.12. The van der Waals surface area contributed by atoms with Gasteiger partial charge >= 0.3 is 12.1 Å². The Labute approximate surface area is 475 Å². The highest BCUT2D eigenvalue weighted by atomic mass is 16.5. The second-order valence-electron chi connectivity index (χ2n) is 21.3. The third kappa shape index (κ3) is 16.1. The summed E-state index contributed by atoms with van der Waals surface area (Å²) >= 11 is 0. The molecule has 0 bridgehead atoms. The van der Waals surface area contributed by atoms with Gasteiger partial charge in [0, 0.05) is 60.8 Å². The van der Waals surface area contributed by atoms with Crippen LogP contribution in [-0.2, 0) is 41.7 Å². The number of aromatic hydroxyl groups is 1. The fourth-order valence-corrected chi connectivity index (χ4v) is 9.88. The van der Waals surface area contributed by atoms with Crippen molar-refractivity contribution in [3.05, 3.63) is 148 Å². The standard InChI is InChI=1S/C62H71N7O13/c1-36(2)30-49-58(75)68-54(37(3)4)60(77)69(5)50(31-38-16-8-6-9-17-38)59(76)66-48(56(73)65-47(57(74)67-49)20-13-15-29-64-62(80)81-35-39-18-10-7-11-19-39)21-12-14-28-63-55(72)40-22-25-43(61(78)79)46(32-40)53-44-26-23-41(70)33-51(44)82-52-34-42(71)24-27-45(52)53/h6-11,16-19,22-27,32-34,36-37,47-50,54,70H,12-15,20-21,28-31,35H2,1-5H3,(H,63,72)(H,64,80)(H,65,73)(H,66,76)(H,67,74)(H,68,75)(H,78,79)/t47-,48-,49-,50+,54-/m0/s1. The first kappa shape index (κ1) is 60.6. The van der Waals surface area contributed by atoms with E-state index in [1.165, 1.54) is 60.5 Å². The van der Waals surface area contributed by atoms with Crippen molar-refractivity contribution in [3.8, 4) is 28.2 Å². The number of aromatic carboxylic acids is 1. The minimum absolute atomic E-state index is 0.00838. The first-order valence-electron chi connectivity index (χ1n) is 27.6. The number of nitrogens with zero attached hydrogens (tertiary/aromatic N) is 1. The summed E-state index contributed by atoms with van der Waals surface area (Å²) in [6.07, 6.45) is 0.914. The van der Waals surface area contributed by atoms with E-state index >= 15 is 0 Å². The van der Waals surface area contributed by atoms with E-state index < -0.39 is 83.6 Å². The molecule has 4 aromatic carbocycles. The van der Waals surface area contributed by atoms with Gasteiger partial charge in [0.2, 0.25) is 29.5 Å². The van der Waals surface area contributed by atoms with Gasteiger partial charge in [-0.3, -0.25) is 33.6 Å². The summed E-state index contributed by atoms with van der Waals surface area (Å²) in [5.74, 6) is -5.57. The molecule has 1 aliphatic carbocycles. The van der Waals surface area contributed by atoms with E-state index in [4.69, 9.17) is 9.15 Å². The molecule has 0 radical (unpaired) electrons. The first-order valence-corrected chi connectivity index (χ1v) is 27.6. The average Bonchev–Trinajstić information content (AvgIpc) is 2.88. The Hall–Kier alpha value is -9.07. The van der Waals surface area contributed by atoms with Crippen LogP contribution in [0.5, 0.6) is 5.75 Å². The topological polar surface area (TPSA) is 292 Å². The Morgan fingerprint density at radius 3 is 1.90 bits per heavy atom. The molecule has 82 heavy (non-hydrogen) atoms. The number of carbonyl (C=O) groups excluding carboxylic acids is 7. The van der Waals surface area contributed by atoms with Crippen LogP contribution in [0.2, 0.25) is 0 Å². The molecule has 0 aromatic heterocycles. The number of likely N-dealkylation sites (N-methyl/N-ethyl adjacent to an activating group) is 1. The van der Waals surface area contributed by atoms with Crippen molar-refractivity contribution in [1.29, 1.82) is 0 Å². The van der Waals surface area contributed by atoms with Gasteiger partial charge in [0.05, 0.1) is 5.56 Å². The van der Waals surface area contributed by atoms with Crippen molar-refractivity contribution >= 4 is 58.5 Å². The summed E-state index contributed by atoms with van der Waals surface area (Å²) in [5.41, 5.74) is 2.22. The largest absolute Gasteiger partial charge is 0.508 e. The van der Waals surface area contributed by atoms with Gasteiger partial charge in [0.1, 0.15) is 53.9 Å². The predicted molar refractivity (Wildman–Crippen MR) is 307 cm³/mol. The van der Waals surface area contributed by atoms with Crippen molar-refractivity contribution in [1.82, 2.24) is 36.8 Å². The van der Waals surface area contributed by atoms with E-state index in [2.05, 4.69) is 31.9 Å². The van der Waals surface area contributed by atoms with Crippen LogP contribution >= 0.6 is 0 Å². The van der Waals surface area contributed by atoms with E-state index in [0.717, 1.165) is 11.1 Å². The summed E-state index contributed by atoms with van der Waals surface area (Å²) in [5, 5.41) is 38.1. The molecule has 2 aliphatic heterocycles. The SMILES string of the molecule is CC(C)C[C@@H]1NC(=O)[C@H](CCCCNC(=O)OCc2ccccc2)NC(=O)[C@H](CCCCNC(=O)c2ccc(C(=O)O)c(-c3c4ccc(=O)cc-4oc4cc(O)ccc34)c2)NC(=O)[C@@H](Cc2ccccc2)N(C)C(=O)[C@H](C(C)C)NC1=O. The number of unbranched alkanes of at least 4 members (excludes halogenated alkanes) is 2. The van der Waals surface area contributed by atoms with E-state index in [1.807, 2.05) is 62.4 Å². The fourth-order valence-electron chi connectivity index (χ4n) is 9.88. The summed E-state index contributed by atoms with van der Waals surface area (Å²) in [4.78, 5) is 125. The lowest BCUT2D eigenvalue weighted by atomic mass is 9.89. The quantitative estimate of drug-likeness (QED) is 0.0292. The number of benzene rings is 5. The summed E-state index contributed by atoms with van der Waals surface area (Å²) in [6, 6.07) is 24.8. The van der Waals surface area contributed by atoms with Crippen LogP contribution in [0.3, 0.4) is 0 Å². The number of fused-ring (bicyclic) bond motifs is 2. The molecule has 20 heteroatoms. The van der Waals surface area contributed by atoms with Gasteiger partial charge in [-0.1, -0.05) is 88.4 Å². The van der Waals surface area contributed by atoms with Crippen LogP contribution in [0, 0.1) is 11.8 Å². The molecule has 2 heterocycles. The molecule has 20 nitrogen and oxygen atoms in total. The van der Waals surface area contributed by atoms with E-state index in [0.29, 0.717) is 29.4 Å². The average molecular weight is 1120 g/mol. The normalized spacial score (nSPS) is 18.3. The van der Waals surface area contributed by atoms with Crippen LogP contribution in [0.15, 0.2) is 124 Å². The first-order chi connectivity index (χ1) is 39.3. The second-order valence-corrected chi connectivity index (χ2v) is 21.3. The van der Waals surface area contributed by atoms with E-state index in [-0.39, 0.29) is 103 Å². The minimum Gasteiger partial charge on any atom is -0.508 e. The summed E-state index contributed by atoms with van der Waals surface area (Å²) in [7, 11) is 1.47. The van der Waals surface area contributed by atoms with E-state index in [1.54, 1.807) is 32.0 Å². The van der Waals surface area contributed by atoms with Gasteiger partial charge in [-0.25, -0.2) is 9.59 Å². The van der Waals surface area contributed by atoms with Crippen molar-refractivity contribution in [2.45, 2.75) is 116 Å². The zero-order chi connectivity index (χ0) is 59.0. The van der Waals surface area contributed by atoms with Gasteiger partial charge in [-0.05, 0) is 116 Å². The van der Waals surface area contributed by atoms with Gasteiger partial charge in [0.15, 0.2) is 5.43 Å². The number of carbonyl (C=O) groups is 8. The number of carboxylic acid groups (broad SMARTS) is 1. The maximum absolute atomic E-state index is 14.7. The molecule has 8 N–H and O–H groups in total. The number of hydrogen-bond acceptors (Lipinski definition) is 12. The third-order valence-corrected chi connectivity index (χ3v) is 14.3. The molecule has 0 spiro atoms. The Morgan fingerprint density at radius 1 is 0.659 bits per heavy atom. The molecule has 5 atom stereocenters. The van der Waals surface area contributed by atoms with Crippen molar-refractivity contribution < 1.29 is 57.7 Å². The maximum atomic E-state index is 14.7. The highest BCUT2D eigenvalue weighted by Crippen LogP contribution is 2.42. The summed E-state index contributed by atoms with van der Waals surface area (Å²) < 4.78 is 11.3. The molecule has 7 amide bonds. The number of nitrogens with one attached hydrogen (secondary N) is 6. The van der Waals surface area contributed by atoms with Crippen LogP contribution < -0.4 is 37.3 Å². The van der Waals surface area contributed by atoms with Crippen LogP contribution in [0.4, 0.5) is 4.79 Å². The number of amides is 7. The lowest BCUT2D eigenvalue weighted by Gasteiger charge is -2.33. The lowest BCUT2D eigenvalue weighted by molar-refractivity contribution is -0.143. The lowest BCUT2D eigenvalue weighted by Crippen LogP contribution is -2.59. The molecular formula is C62H71N7O13. The van der Waals surface area contributed by atoms with Gasteiger partial charge in [0.25, 0.3) is 5.91 Å². The maximum Gasteiger partial charge on any atom is 0.407 e. The molecule has 4 aromatic rings. The number of phenolic OH excluding ortho intramolecular Hbond substituents is 1. The third-order valence-electron chi connectivity index (χ3n) is 14.3. The van der Waals surface area contributed by atoms with Gasteiger partial charge < -0.3 is 56.2 Å². The van der Waals surface area contributed by atoms with Crippen molar-refractivity contribution in [2.24, 2.45) is 11.8 Å². The smallest absolute Gasteiger partial charge is 0.407 e. The zero-order valence-corrected chi connectivity index (χ0v) is 46.6. The predicted octanol–water partition coefficient (Wildman–Crippen LogP) is 6.69. The van der Waals surface area contributed by atoms with Crippen LogP contribution in [0.25, 0.3) is 33.4 Å². The molecule has 0 saturated carbocycles. The Bertz CT molecular complexity index is 3290. The number of ether oxygens (including phenoxy) is 1. The number of alkyl carbamates (subject to hydrolysis) is 1. The Kier molecular flexibility index (Phi) is 21.0. The molecule has 432 valence electrons. The number of carboxylic acids is 1. The van der Waals surface area contributed by atoms with Gasteiger partial charge in [-0.15, -0.1) is 0 Å². The van der Waals surface area contributed by atoms with Gasteiger partial charge in [-0.2, -0.15) is 0 Å². The molecule has 1 saturated heterocycles. The zero-order valence-electron chi connectivity index (χ0n) is 46.6. The fraction of sp³-hybridized carbons (Fsp3) is 0.371. The van der Waals surface area contributed by atoms with Crippen LogP contribution in [-0.4, -0.2) is 113 Å². The van der Waals surface area contributed by atoms with Crippen LogP contribution in [0.1, 0.15) is 104 Å². The number of hydrogen-bond donors (Lipinski definition) is 8. The highest BCUT2D eigenvalue weighted by Gasteiger charge is 2.38. The van der Waals surface area contributed by atoms with Crippen molar-refractivity contribution in [3.63, 3.8) is 0 Å².